The zero-order valence-corrected chi connectivity index (χ0v) is 12.1. The van der Waals surface area contributed by atoms with Crippen LogP contribution in [0.15, 0.2) is 79.4 Å². The Labute approximate surface area is 128 Å². The summed E-state index contributed by atoms with van der Waals surface area (Å²) in [5, 5.41) is 1.16. The summed E-state index contributed by atoms with van der Waals surface area (Å²) in [6, 6.07) is 20.9. The fourth-order valence-electron chi connectivity index (χ4n) is 2.63. The van der Waals surface area contributed by atoms with Gasteiger partial charge in [-0.25, -0.2) is 9.97 Å². The Morgan fingerprint density at radius 3 is 2.64 bits per heavy atom. The number of hydrogen-bond donors (Lipinski definition) is 0. The summed E-state index contributed by atoms with van der Waals surface area (Å²) in [7, 11) is 0. The molecule has 2 aromatic heterocycles. The number of fused-ring (bicyclic) bond motifs is 1. The lowest BCUT2D eigenvalue weighted by Gasteiger charge is -2.06. The van der Waals surface area contributed by atoms with Gasteiger partial charge in [0.15, 0.2) is 0 Å². The number of hydrogen-bond acceptors (Lipinski definition) is 2. The molecular formula is C19H15N3. The van der Waals surface area contributed by atoms with Crippen LogP contribution in [0.3, 0.4) is 0 Å². The first-order chi connectivity index (χ1) is 10.9. The summed E-state index contributed by atoms with van der Waals surface area (Å²) < 4.78 is 2.06. The quantitative estimate of drug-likeness (QED) is 0.566. The highest BCUT2D eigenvalue weighted by Crippen LogP contribution is 2.21. The average Bonchev–Trinajstić information content (AvgIpc) is 3.08. The molecule has 2 heterocycles. The molecule has 0 atom stereocenters. The van der Waals surface area contributed by atoms with Gasteiger partial charge < -0.3 is 4.57 Å². The third-order valence-corrected chi connectivity index (χ3v) is 3.75. The van der Waals surface area contributed by atoms with Crippen LogP contribution < -0.4 is 0 Å². The molecule has 3 nitrogen and oxygen atoms in total. The lowest BCUT2D eigenvalue weighted by molar-refractivity contribution is 0.798. The molecule has 0 saturated carbocycles. The molecule has 0 radical (unpaired) electrons. The van der Waals surface area contributed by atoms with Crippen LogP contribution in [0.25, 0.3) is 22.2 Å². The molecule has 0 N–H and O–H groups in total. The predicted molar refractivity (Wildman–Crippen MR) is 88.5 cm³/mol. The van der Waals surface area contributed by atoms with Crippen molar-refractivity contribution in [2.75, 3.05) is 0 Å². The molecular weight excluding hydrogens is 270 g/mol. The van der Waals surface area contributed by atoms with Gasteiger partial charge in [0.05, 0.1) is 17.5 Å². The molecule has 0 aliphatic rings. The van der Waals surface area contributed by atoms with Gasteiger partial charge in [-0.05, 0) is 23.8 Å². The number of nitrogens with zero attached hydrogens (tertiary/aromatic N) is 3. The fraction of sp³-hybridized carbons (Fsp3) is 0.0526. The number of aromatic nitrogens is 3. The van der Waals surface area contributed by atoms with E-state index in [1.807, 2.05) is 30.7 Å². The van der Waals surface area contributed by atoms with E-state index >= 15 is 0 Å². The number of benzene rings is 2. The molecule has 0 fully saturated rings. The minimum atomic E-state index is 0.830. The Hall–Kier alpha value is -2.94. The smallest absolute Gasteiger partial charge is 0.0949 e. The molecule has 0 aliphatic carbocycles. The fourth-order valence-corrected chi connectivity index (χ4v) is 2.63. The normalized spacial score (nSPS) is 10.9. The van der Waals surface area contributed by atoms with Crippen molar-refractivity contribution in [1.29, 1.82) is 0 Å². The van der Waals surface area contributed by atoms with Crippen LogP contribution >= 0.6 is 0 Å². The molecule has 0 bridgehead atoms. The van der Waals surface area contributed by atoms with Gasteiger partial charge in [0.1, 0.15) is 0 Å². The maximum absolute atomic E-state index is 4.76. The van der Waals surface area contributed by atoms with Gasteiger partial charge in [0.25, 0.3) is 0 Å². The summed E-state index contributed by atoms with van der Waals surface area (Å²) in [4.78, 5) is 8.84. The number of pyridine rings is 1. The molecule has 0 saturated heterocycles. The van der Waals surface area contributed by atoms with Crippen LogP contribution in [0.2, 0.25) is 0 Å². The Balaban J connectivity index is 1.70. The third-order valence-electron chi connectivity index (χ3n) is 3.75. The van der Waals surface area contributed by atoms with Crippen LogP contribution in [0, 0.1) is 0 Å². The molecule has 4 aromatic rings. The molecule has 0 aliphatic heterocycles. The van der Waals surface area contributed by atoms with Gasteiger partial charge in [-0.3, -0.25) is 0 Å². The molecule has 22 heavy (non-hydrogen) atoms. The third kappa shape index (κ3) is 2.49. The molecule has 3 heteroatoms. The van der Waals surface area contributed by atoms with Crippen molar-refractivity contribution < 1.29 is 0 Å². The maximum Gasteiger partial charge on any atom is 0.0949 e. The maximum atomic E-state index is 4.76. The van der Waals surface area contributed by atoms with Gasteiger partial charge >= 0.3 is 0 Å². The van der Waals surface area contributed by atoms with E-state index in [2.05, 4.69) is 52.0 Å². The molecule has 106 valence electrons. The topological polar surface area (TPSA) is 30.7 Å². The van der Waals surface area contributed by atoms with Crippen molar-refractivity contribution >= 4 is 10.9 Å². The van der Waals surface area contributed by atoms with Crippen molar-refractivity contribution in [3.05, 3.63) is 84.9 Å². The number of imidazole rings is 1. The monoisotopic (exact) mass is 285 g/mol. The Bertz CT molecular complexity index is 897. The minimum absolute atomic E-state index is 0.830. The Kier molecular flexibility index (Phi) is 3.16. The van der Waals surface area contributed by atoms with E-state index < -0.39 is 0 Å². The second-order valence-electron chi connectivity index (χ2n) is 5.32. The van der Waals surface area contributed by atoms with E-state index in [9.17, 15) is 0 Å². The molecule has 0 unspecified atom stereocenters. The summed E-state index contributed by atoms with van der Waals surface area (Å²) in [6.07, 6.45) is 5.61. The van der Waals surface area contributed by atoms with Crippen molar-refractivity contribution in [1.82, 2.24) is 14.5 Å². The van der Waals surface area contributed by atoms with Gasteiger partial charge in [-0.15, -0.1) is 0 Å². The van der Waals surface area contributed by atoms with Crippen LogP contribution in [0.5, 0.6) is 0 Å². The largest absolute Gasteiger partial charge is 0.333 e. The zero-order valence-electron chi connectivity index (χ0n) is 12.1. The van der Waals surface area contributed by atoms with Gasteiger partial charge in [0.2, 0.25) is 0 Å². The Morgan fingerprint density at radius 2 is 1.82 bits per heavy atom. The molecule has 4 rings (SSSR count). The van der Waals surface area contributed by atoms with Crippen molar-refractivity contribution in [2.24, 2.45) is 0 Å². The lowest BCUT2D eigenvalue weighted by Crippen LogP contribution is -1.96. The standard InChI is InChI=1S/C19H15N3/c1-2-4-16(5-3-1)18-9-7-17-12-15(6-8-19(17)21-18)13-22-11-10-20-14-22/h1-12,14H,13H2. The van der Waals surface area contributed by atoms with Crippen LogP contribution in [0.1, 0.15) is 5.56 Å². The summed E-state index contributed by atoms with van der Waals surface area (Å²) >= 11 is 0. The van der Waals surface area contributed by atoms with E-state index in [4.69, 9.17) is 4.98 Å². The summed E-state index contributed by atoms with van der Waals surface area (Å²) in [6.45, 7) is 0.830. The van der Waals surface area contributed by atoms with E-state index in [0.717, 1.165) is 28.7 Å². The molecule has 0 amide bonds. The first-order valence-corrected chi connectivity index (χ1v) is 7.29. The first kappa shape index (κ1) is 12.8. The minimum Gasteiger partial charge on any atom is -0.333 e. The second kappa shape index (κ2) is 5.45. The molecule has 2 aromatic carbocycles. The van der Waals surface area contributed by atoms with Crippen molar-refractivity contribution in [3.63, 3.8) is 0 Å². The SMILES string of the molecule is c1ccc(-c2ccc3cc(Cn4ccnc4)ccc3n2)cc1. The van der Waals surface area contributed by atoms with Crippen LogP contribution in [-0.4, -0.2) is 14.5 Å². The van der Waals surface area contributed by atoms with Gasteiger partial charge in [-0.1, -0.05) is 42.5 Å². The van der Waals surface area contributed by atoms with Crippen molar-refractivity contribution in [2.45, 2.75) is 6.54 Å². The molecule has 0 spiro atoms. The van der Waals surface area contributed by atoms with Crippen molar-refractivity contribution in [3.8, 4) is 11.3 Å². The van der Waals surface area contributed by atoms with Gasteiger partial charge in [-0.2, -0.15) is 0 Å². The van der Waals surface area contributed by atoms with Gasteiger partial charge in [0, 0.05) is 29.9 Å². The summed E-state index contributed by atoms with van der Waals surface area (Å²) in [5.41, 5.74) is 4.43. The average molecular weight is 285 g/mol. The zero-order chi connectivity index (χ0) is 14.8. The second-order valence-corrected chi connectivity index (χ2v) is 5.32. The van der Waals surface area contributed by atoms with Crippen LogP contribution in [0.4, 0.5) is 0 Å². The lowest BCUT2D eigenvalue weighted by atomic mass is 10.1. The van der Waals surface area contributed by atoms with Crippen LogP contribution in [-0.2, 0) is 6.54 Å². The predicted octanol–water partition coefficient (Wildman–Crippen LogP) is 4.15. The number of rotatable bonds is 3. The Morgan fingerprint density at radius 1 is 0.909 bits per heavy atom. The highest BCUT2D eigenvalue weighted by atomic mass is 15.0. The van der Waals surface area contributed by atoms with E-state index in [1.54, 1.807) is 6.20 Å². The van der Waals surface area contributed by atoms with E-state index in [1.165, 1.54) is 5.56 Å². The summed E-state index contributed by atoms with van der Waals surface area (Å²) in [5.74, 6) is 0. The van der Waals surface area contributed by atoms with E-state index in [0.29, 0.717) is 0 Å². The highest BCUT2D eigenvalue weighted by molar-refractivity contribution is 5.82. The van der Waals surface area contributed by atoms with E-state index in [-0.39, 0.29) is 0 Å². The first-order valence-electron chi connectivity index (χ1n) is 7.29. The highest BCUT2D eigenvalue weighted by Gasteiger charge is 2.02.